The van der Waals surface area contributed by atoms with Gasteiger partial charge in [0.15, 0.2) is 0 Å². The second kappa shape index (κ2) is 4.82. The van der Waals surface area contributed by atoms with Gasteiger partial charge in [0, 0.05) is 4.90 Å². The molecule has 0 radical (unpaired) electrons. The molecule has 0 aromatic heterocycles. The number of thioether (sulfide) groups is 1. The minimum atomic E-state index is 0.662. The van der Waals surface area contributed by atoms with E-state index in [4.69, 9.17) is 10.5 Å². The normalized spacial score (nSPS) is 16.6. The van der Waals surface area contributed by atoms with Gasteiger partial charge in [0.1, 0.15) is 0 Å². The fourth-order valence-electron chi connectivity index (χ4n) is 1.38. The van der Waals surface area contributed by atoms with E-state index in [2.05, 4.69) is 24.3 Å². The van der Waals surface area contributed by atoms with E-state index in [9.17, 15) is 0 Å². The third-order valence-electron chi connectivity index (χ3n) is 2.27. The van der Waals surface area contributed by atoms with Crippen molar-refractivity contribution in [1.29, 1.82) is 0 Å². The first-order chi connectivity index (χ1) is 6.88. The lowest BCUT2D eigenvalue weighted by Gasteiger charge is -2.25. The Morgan fingerprint density at radius 1 is 1.29 bits per heavy atom. The number of hydrogen-bond donors (Lipinski definition) is 1. The fourth-order valence-corrected chi connectivity index (χ4v) is 2.38. The summed E-state index contributed by atoms with van der Waals surface area (Å²) in [6.07, 6.45) is 0.970. The van der Waals surface area contributed by atoms with Crippen LogP contribution in [0.3, 0.4) is 0 Å². The molecule has 1 heterocycles. The minimum absolute atomic E-state index is 0.662. The Hall–Kier alpha value is -0.510. The number of rotatable bonds is 4. The van der Waals surface area contributed by atoms with Gasteiger partial charge in [0.25, 0.3) is 0 Å². The zero-order chi connectivity index (χ0) is 9.80. The van der Waals surface area contributed by atoms with Crippen molar-refractivity contribution in [3.63, 3.8) is 0 Å². The second-order valence-electron chi connectivity index (χ2n) is 3.46. The molecule has 0 saturated carbocycles. The molecule has 2 nitrogen and oxygen atoms in total. The molecule has 1 aromatic carbocycles. The highest BCUT2D eigenvalue weighted by molar-refractivity contribution is 8.00. The predicted octanol–water partition coefficient (Wildman–Crippen LogP) is 1.68. The molecule has 0 bridgehead atoms. The molecule has 1 saturated heterocycles. The van der Waals surface area contributed by atoms with E-state index in [1.54, 1.807) is 0 Å². The maximum Gasteiger partial charge on any atom is 0.0611 e. The summed E-state index contributed by atoms with van der Waals surface area (Å²) in [5.41, 5.74) is 6.81. The number of nitrogens with two attached hydrogens (primary N) is 1. The van der Waals surface area contributed by atoms with Gasteiger partial charge in [-0.25, -0.2) is 0 Å². The van der Waals surface area contributed by atoms with Crippen LogP contribution in [-0.2, 0) is 11.2 Å². The van der Waals surface area contributed by atoms with Crippen LogP contribution in [0, 0.1) is 0 Å². The lowest BCUT2D eigenvalue weighted by molar-refractivity contribution is 0.0455. The molecule has 1 aromatic rings. The van der Waals surface area contributed by atoms with Crippen LogP contribution in [0.25, 0.3) is 0 Å². The van der Waals surface area contributed by atoms with Crippen molar-refractivity contribution in [3.05, 3.63) is 29.8 Å². The van der Waals surface area contributed by atoms with Gasteiger partial charge in [-0.05, 0) is 30.7 Å². The maximum atomic E-state index is 5.49. The summed E-state index contributed by atoms with van der Waals surface area (Å²) < 4.78 is 5.13. The average molecular weight is 209 g/mol. The highest BCUT2D eigenvalue weighted by Crippen LogP contribution is 2.27. The molecule has 3 heteroatoms. The lowest BCUT2D eigenvalue weighted by Crippen LogP contribution is -2.29. The predicted molar refractivity (Wildman–Crippen MR) is 59.7 cm³/mol. The first kappa shape index (κ1) is 10.0. The van der Waals surface area contributed by atoms with E-state index < -0.39 is 0 Å². The van der Waals surface area contributed by atoms with Gasteiger partial charge in [-0.3, -0.25) is 0 Å². The Morgan fingerprint density at radius 2 is 2.00 bits per heavy atom. The standard InChI is InChI=1S/C11H15NOS/c12-6-5-9-1-3-10(4-2-9)14-11-7-13-8-11/h1-4,11H,5-8,12H2. The number of ether oxygens (including phenoxy) is 1. The maximum absolute atomic E-state index is 5.49. The van der Waals surface area contributed by atoms with Crippen LogP contribution in [0.2, 0.25) is 0 Å². The van der Waals surface area contributed by atoms with Crippen LogP contribution in [0.5, 0.6) is 0 Å². The Labute approximate surface area is 88.8 Å². The molecule has 1 aliphatic rings. The van der Waals surface area contributed by atoms with Crippen molar-refractivity contribution in [3.8, 4) is 0 Å². The molecule has 76 valence electrons. The Balaban J connectivity index is 1.91. The molecule has 0 unspecified atom stereocenters. The topological polar surface area (TPSA) is 35.2 Å². The molecule has 0 atom stereocenters. The molecular formula is C11H15NOS. The van der Waals surface area contributed by atoms with E-state index >= 15 is 0 Å². The first-order valence-corrected chi connectivity index (χ1v) is 5.80. The molecule has 0 spiro atoms. The van der Waals surface area contributed by atoms with Crippen molar-refractivity contribution in [2.45, 2.75) is 16.6 Å². The molecule has 0 aliphatic carbocycles. The van der Waals surface area contributed by atoms with Crippen molar-refractivity contribution in [2.75, 3.05) is 19.8 Å². The molecule has 2 rings (SSSR count). The van der Waals surface area contributed by atoms with Crippen LogP contribution in [0.4, 0.5) is 0 Å². The summed E-state index contributed by atoms with van der Waals surface area (Å²) in [6.45, 7) is 2.52. The molecule has 2 N–H and O–H groups in total. The molecule has 1 aliphatic heterocycles. The Bertz CT molecular complexity index is 282. The van der Waals surface area contributed by atoms with Gasteiger partial charge >= 0.3 is 0 Å². The van der Waals surface area contributed by atoms with Crippen molar-refractivity contribution in [1.82, 2.24) is 0 Å². The summed E-state index contributed by atoms with van der Waals surface area (Å²) in [5.74, 6) is 0. The quantitative estimate of drug-likeness (QED) is 0.819. The van der Waals surface area contributed by atoms with Crippen molar-refractivity contribution < 1.29 is 4.74 Å². The van der Waals surface area contributed by atoms with Gasteiger partial charge in [0.05, 0.1) is 18.5 Å². The second-order valence-corrected chi connectivity index (χ2v) is 4.83. The molecule has 0 amide bonds. The van der Waals surface area contributed by atoms with Crippen LogP contribution >= 0.6 is 11.8 Å². The number of hydrogen-bond acceptors (Lipinski definition) is 3. The minimum Gasteiger partial charge on any atom is -0.379 e. The summed E-state index contributed by atoms with van der Waals surface area (Å²) in [5, 5.41) is 0.662. The molecular weight excluding hydrogens is 194 g/mol. The highest BCUT2D eigenvalue weighted by Gasteiger charge is 2.19. The van der Waals surface area contributed by atoms with Crippen molar-refractivity contribution >= 4 is 11.8 Å². The van der Waals surface area contributed by atoms with E-state index in [1.807, 2.05) is 11.8 Å². The van der Waals surface area contributed by atoms with E-state index in [0.29, 0.717) is 5.25 Å². The third-order valence-corrected chi connectivity index (χ3v) is 3.42. The van der Waals surface area contributed by atoms with Crippen LogP contribution in [0.15, 0.2) is 29.2 Å². The SMILES string of the molecule is NCCc1ccc(SC2COC2)cc1. The summed E-state index contributed by atoms with van der Waals surface area (Å²) in [4.78, 5) is 1.33. The third kappa shape index (κ3) is 2.50. The molecule has 14 heavy (non-hydrogen) atoms. The van der Waals surface area contributed by atoms with E-state index in [1.165, 1.54) is 10.5 Å². The van der Waals surface area contributed by atoms with Gasteiger partial charge in [0.2, 0.25) is 0 Å². The fraction of sp³-hybridized carbons (Fsp3) is 0.455. The lowest BCUT2D eigenvalue weighted by atomic mass is 10.2. The summed E-state index contributed by atoms with van der Waals surface area (Å²) in [6, 6.07) is 8.67. The van der Waals surface area contributed by atoms with E-state index in [0.717, 1.165) is 26.2 Å². The first-order valence-electron chi connectivity index (χ1n) is 4.92. The van der Waals surface area contributed by atoms with Crippen LogP contribution in [0.1, 0.15) is 5.56 Å². The number of benzene rings is 1. The zero-order valence-corrected chi connectivity index (χ0v) is 8.93. The van der Waals surface area contributed by atoms with Gasteiger partial charge in [-0.15, -0.1) is 11.8 Å². The average Bonchev–Trinajstić information content (AvgIpc) is 2.14. The van der Waals surface area contributed by atoms with Crippen LogP contribution < -0.4 is 5.73 Å². The van der Waals surface area contributed by atoms with E-state index in [-0.39, 0.29) is 0 Å². The van der Waals surface area contributed by atoms with Gasteiger partial charge in [-0.2, -0.15) is 0 Å². The smallest absolute Gasteiger partial charge is 0.0611 e. The Kier molecular flexibility index (Phi) is 3.45. The van der Waals surface area contributed by atoms with Gasteiger partial charge in [-0.1, -0.05) is 12.1 Å². The van der Waals surface area contributed by atoms with Gasteiger partial charge < -0.3 is 10.5 Å². The monoisotopic (exact) mass is 209 g/mol. The Morgan fingerprint density at radius 3 is 2.50 bits per heavy atom. The highest BCUT2D eigenvalue weighted by atomic mass is 32.2. The summed E-state index contributed by atoms with van der Waals surface area (Å²) in [7, 11) is 0. The largest absolute Gasteiger partial charge is 0.379 e. The van der Waals surface area contributed by atoms with Crippen molar-refractivity contribution in [2.24, 2.45) is 5.73 Å². The summed E-state index contributed by atoms with van der Waals surface area (Å²) >= 11 is 1.90. The van der Waals surface area contributed by atoms with Crippen LogP contribution in [-0.4, -0.2) is 25.0 Å². The molecule has 1 fully saturated rings. The zero-order valence-electron chi connectivity index (χ0n) is 8.11.